The molecular weight excluding hydrogens is 300 g/mol. The highest BCUT2D eigenvalue weighted by Gasteiger charge is 2.38. The number of hydrogen-bond donors (Lipinski definition) is 0. The van der Waals surface area contributed by atoms with Gasteiger partial charge in [0.1, 0.15) is 6.54 Å². The minimum Gasteiger partial charge on any atom is -0.377 e. The second-order valence-electron chi connectivity index (χ2n) is 5.71. The Morgan fingerprint density at radius 2 is 1.73 bits per heavy atom. The lowest BCUT2D eigenvalue weighted by Crippen LogP contribution is -2.57. The maximum atomic E-state index is 12.4. The van der Waals surface area contributed by atoms with Gasteiger partial charge >= 0.3 is 8.80 Å². The molecule has 0 radical (unpaired) electrons. The first-order chi connectivity index (χ1) is 10.3. The van der Waals surface area contributed by atoms with Gasteiger partial charge < -0.3 is 13.3 Å². The maximum absolute atomic E-state index is 12.4. The van der Waals surface area contributed by atoms with Crippen molar-refractivity contribution < 1.29 is 22.7 Å². The number of allylic oxidation sites excluding steroid dienone is 1. The Balaban J connectivity index is 4.90. The molecule has 0 rings (SSSR count). The molecule has 0 aromatic carbocycles. The maximum Gasteiger partial charge on any atom is 0.500 e. The van der Waals surface area contributed by atoms with Gasteiger partial charge in [0.2, 0.25) is 0 Å². The predicted octanol–water partition coefficient (Wildman–Crippen LogP) is 2.06. The van der Waals surface area contributed by atoms with Gasteiger partial charge in [-0.25, -0.2) is 4.59 Å². The molecule has 0 bridgehead atoms. The van der Waals surface area contributed by atoms with Crippen molar-refractivity contribution in [3.8, 4) is 0 Å². The van der Waals surface area contributed by atoms with Gasteiger partial charge in [-0.15, -0.1) is 0 Å². The number of quaternary nitrogens is 1. The molecule has 0 heterocycles. The molecule has 1 amide bonds. The number of carbonyl (C=O) groups is 1. The molecule has 130 valence electrons. The van der Waals surface area contributed by atoms with Crippen LogP contribution in [0.4, 0.5) is 0 Å². The normalized spacial score (nSPS) is 12.9. The Hall–Kier alpha value is -0.733. The summed E-state index contributed by atoms with van der Waals surface area (Å²) in [6.45, 7) is 5.53. The smallest absolute Gasteiger partial charge is 0.377 e. The Labute approximate surface area is 136 Å². The van der Waals surface area contributed by atoms with Crippen LogP contribution < -0.4 is 0 Å². The minimum atomic E-state index is -2.58. The highest BCUT2D eigenvalue weighted by molar-refractivity contribution is 6.60. The van der Waals surface area contributed by atoms with E-state index in [4.69, 9.17) is 13.3 Å². The first kappa shape index (κ1) is 21.3. The summed E-state index contributed by atoms with van der Waals surface area (Å²) < 4.78 is 16.8. The molecule has 6 nitrogen and oxygen atoms in total. The van der Waals surface area contributed by atoms with Crippen LogP contribution >= 0.6 is 0 Å². The molecule has 0 saturated carbocycles. The van der Waals surface area contributed by atoms with E-state index in [1.54, 1.807) is 33.5 Å². The molecule has 0 aromatic rings. The monoisotopic (exact) mass is 333 g/mol. The molecule has 7 heteroatoms. The van der Waals surface area contributed by atoms with E-state index in [-0.39, 0.29) is 5.91 Å². The van der Waals surface area contributed by atoms with E-state index in [2.05, 4.69) is 21.0 Å². The molecular formula is C15H33N2O4Si+. The third kappa shape index (κ3) is 6.17. The van der Waals surface area contributed by atoms with Crippen molar-refractivity contribution in [1.29, 1.82) is 0 Å². The minimum absolute atomic E-state index is 0.0282. The van der Waals surface area contributed by atoms with Gasteiger partial charge in [-0.3, -0.25) is 4.79 Å². The Morgan fingerprint density at radius 3 is 2.14 bits per heavy atom. The molecule has 0 aliphatic rings. The Morgan fingerprint density at radius 1 is 1.18 bits per heavy atom. The summed E-state index contributed by atoms with van der Waals surface area (Å²) in [5.74, 6) is 0.0282. The summed E-state index contributed by atoms with van der Waals surface area (Å²) in [7, 11) is 6.36. The quantitative estimate of drug-likeness (QED) is 0.251. The molecule has 0 atom stereocenters. The summed E-state index contributed by atoms with van der Waals surface area (Å²) in [6.07, 6.45) is 5.18. The van der Waals surface area contributed by atoms with E-state index in [0.29, 0.717) is 17.2 Å². The molecule has 0 aliphatic carbocycles. The van der Waals surface area contributed by atoms with Crippen LogP contribution in [-0.2, 0) is 18.1 Å². The summed E-state index contributed by atoms with van der Waals surface area (Å²) in [6, 6.07) is 0.683. The van der Waals surface area contributed by atoms with Gasteiger partial charge in [0.15, 0.2) is 0 Å². The van der Waals surface area contributed by atoms with Gasteiger partial charge in [-0.05, 0) is 19.8 Å². The molecule has 22 heavy (non-hydrogen) atoms. The second-order valence-corrected chi connectivity index (χ2v) is 8.80. The number of carbonyl (C=O) groups excluding carboxylic acids is 1. The van der Waals surface area contributed by atoms with Gasteiger partial charge in [0.25, 0.3) is 5.91 Å². The van der Waals surface area contributed by atoms with Crippen LogP contribution in [0, 0.1) is 0 Å². The third-order valence-electron chi connectivity index (χ3n) is 3.77. The van der Waals surface area contributed by atoms with Crippen molar-refractivity contribution in [2.45, 2.75) is 32.7 Å². The summed E-state index contributed by atoms with van der Waals surface area (Å²) in [5, 5.41) is 1.88. The van der Waals surface area contributed by atoms with Crippen LogP contribution in [-0.4, -0.2) is 72.8 Å². The number of nitrogens with zero attached hydrogens (tertiary/aromatic N) is 2. The fourth-order valence-corrected chi connectivity index (χ4v) is 4.25. The Bertz CT molecular complexity index is 349. The lowest BCUT2D eigenvalue weighted by Gasteiger charge is -2.39. The molecule has 0 spiro atoms. The van der Waals surface area contributed by atoms with E-state index < -0.39 is 8.80 Å². The molecule has 0 aliphatic heterocycles. The molecule has 0 saturated heterocycles. The van der Waals surface area contributed by atoms with Crippen molar-refractivity contribution in [3.63, 3.8) is 0 Å². The summed E-state index contributed by atoms with van der Waals surface area (Å²) >= 11 is 0. The van der Waals surface area contributed by atoms with Crippen molar-refractivity contribution in [2.75, 3.05) is 48.5 Å². The zero-order valence-electron chi connectivity index (χ0n) is 15.2. The van der Waals surface area contributed by atoms with Crippen LogP contribution in [0.25, 0.3) is 0 Å². The van der Waals surface area contributed by atoms with Gasteiger partial charge in [0.05, 0.1) is 20.6 Å². The average Bonchev–Trinajstić information content (AvgIpc) is 2.48. The highest BCUT2D eigenvalue weighted by atomic mass is 28.4. The standard InChI is InChI=1S/C15H33N2O4Si/c1-8-11-15(18)16(17(3,4)13-9-2)12-10-14-22(19-5,20-6)21-7/h8,11H,9-10,12-14H2,1-7H3/q+1. The van der Waals surface area contributed by atoms with Gasteiger partial charge in [-0.2, -0.15) is 5.01 Å². The fourth-order valence-electron chi connectivity index (χ4n) is 2.55. The third-order valence-corrected chi connectivity index (χ3v) is 6.61. The number of rotatable bonds is 11. The summed E-state index contributed by atoms with van der Waals surface area (Å²) in [5.41, 5.74) is 0. The van der Waals surface area contributed by atoms with Crippen LogP contribution in [0.15, 0.2) is 12.2 Å². The number of hydrogen-bond acceptors (Lipinski definition) is 4. The van der Waals surface area contributed by atoms with Crippen molar-refractivity contribution in [2.24, 2.45) is 0 Å². The largest absolute Gasteiger partial charge is 0.500 e. The topological polar surface area (TPSA) is 48.0 Å². The van der Waals surface area contributed by atoms with E-state index in [1.165, 1.54) is 0 Å². The SMILES string of the molecule is CC=CC(=O)N(CCC[Si](OC)(OC)OC)[N+](C)(C)CCC. The van der Waals surface area contributed by atoms with Crippen molar-refractivity contribution in [3.05, 3.63) is 12.2 Å². The van der Waals surface area contributed by atoms with E-state index in [9.17, 15) is 4.79 Å². The van der Waals surface area contributed by atoms with E-state index in [1.807, 2.05) is 11.9 Å². The van der Waals surface area contributed by atoms with E-state index in [0.717, 1.165) is 19.4 Å². The van der Waals surface area contributed by atoms with Gasteiger partial charge in [-0.1, -0.05) is 13.0 Å². The van der Waals surface area contributed by atoms with Crippen LogP contribution in [0.5, 0.6) is 0 Å². The zero-order chi connectivity index (χ0) is 17.2. The Kier molecular flexibility index (Phi) is 9.78. The van der Waals surface area contributed by atoms with E-state index >= 15 is 0 Å². The lowest BCUT2D eigenvalue weighted by atomic mass is 10.3. The second kappa shape index (κ2) is 10.1. The first-order valence-electron chi connectivity index (χ1n) is 7.75. The van der Waals surface area contributed by atoms with Crippen LogP contribution in [0.3, 0.4) is 0 Å². The van der Waals surface area contributed by atoms with Crippen LogP contribution in [0.1, 0.15) is 26.7 Å². The number of amides is 1. The first-order valence-corrected chi connectivity index (χ1v) is 9.68. The van der Waals surface area contributed by atoms with Crippen LogP contribution in [0.2, 0.25) is 6.04 Å². The van der Waals surface area contributed by atoms with Gasteiger partial charge in [0, 0.05) is 33.4 Å². The van der Waals surface area contributed by atoms with Crippen molar-refractivity contribution >= 4 is 14.7 Å². The lowest BCUT2D eigenvalue weighted by molar-refractivity contribution is -0.990. The highest BCUT2D eigenvalue weighted by Crippen LogP contribution is 2.17. The zero-order valence-corrected chi connectivity index (χ0v) is 16.2. The fraction of sp³-hybridized carbons (Fsp3) is 0.800. The van der Waals surface area contributed by atoms with Crippen molar-refractivity contribution in [1.82, 2.24) is 5.01 Å². The molecule has 0 fully saturated rings. The summed E-state index contributed by atoms with van der Waals surface area (Å²) in [4.78, 5) is 12.4. The molecule has 0 unspecified atom stereocenters. The average molecular weight is 334 g/mol. The predicted molar refractivity (Wildman–Crippen MR) is 90.0 cm³/mol. The molecule has 0 N–H and O–H groups in total. The molecule has 0 aromatic heterocycles.